The number of carbonyl (C=O) groups excluding carboxylic acids is 1. The van der Waals surface area contributed by atoms with Crippen molar-refractivity contribution in [2.75, 3.05) is 0 Å². The molecule has 0 saturated carbocycles. The Kier molecular flexibility index (Phi) is 5.24. The quantitative estimate of drug-likeness (QED) is 0.843. The Morgan fingerprint density at radius 1 is 1.56 bits per heavy atom. The summed E-state index contributed by atoms with van der Waals surface area (Å²) < 4.78 is 1.11. The highest BCUT2D eigenvalue weighted by atomic mass is 32.2. The van der Waals surface area contributed by atoms with Gasteiger partial charge in [-0.25, -0.2) is 0 Å². The molecule has 1 N–H and O–H groups in total. The predicted octanol–water partition coefficient (Wildman–Crippen LogP) is 3.28. The lowest BCUT2D eigenvalue weighted by molar-refractivity contribution is -0.121. The molecule has 5 heteroatoms. The van der Waals surface area contributed by atoms with Crippen LogP contribution in [0.5, 0.6) is 0 Å². The summed E-state index contributed by atoms with van der Waals surface area (Å²) in [5, 5.41) is 13.8. The second kappa shape index (κ2) is 6.26. The summed E-state index contributed by atoms with van der Waals surface area (Å²) in [6.45, 7) is 7.48. The highest BCUT2D eigenvalue weighted by molar-refractivity contribution is 8.02. The van der Waals surface area contributed by atoms with Crippen molar-refractivity contribution < 1.29 is 4.79 Å². The van der Waals surface area contributed by atoms with Crippen molar-refractivity contribution in [2.24, 2.45) is 5.92 Å². The summed E-state index contributed by atoms with van der Waals surface area (Å²) in [5.74, 6) is -0.0171. The first-order chi connectivity index (χ1) is 8.39. The summed E-state index contributed by atoms with van der Waals surface area (Å²) >= 11 is 3.13. The largest absolute Gasteiger partial charge is 0.337 e. The molecule has 0 spiro atoms. The van der Waals surface area contributed by atoms with E-state index >= 15 is 0 Å². The standard InChI is InChI=1S/C13H18N2OS2/c1-9(2)13(4,8-14)15-12(16)10(3)18-11-6-5-7-17-11/h5-7,9-10H,1-4H3,(H,15,16)/t10-,13+/m0/s1. The van der Waals surface area contributed by atoms with Gasteiger partial charge in [-0.15, -0.1) is 23.1 Å². The van der Waals surface area contributed by atoms with Crippen molar-refractivity contribution >= 4 is 29.0 Å². The Hall–Kier alpha value is -0.990. The molecule has 0 fully saturated rings. The molecule has 3 nitrogen and oxygen atoms in total. The first-order valence-corrected chi connectivity index (χ1v) is 7.58. The molecule has 0 aliphatic rings. The van der Waals surface area contributed by atoms with Crippen LogP contribution in [0.25, 0.3) is 0 Å². The molecule has 1 heterocycles. The zero-order chi connectivity index (χ0) is 13.8. The number of nitriles is 1. The topological polar surface area (TPSA) is 52.9 Å². The van der Waals surface area contributed by atoms with E-state index in [0.29, 0.717) is 0 Å². The number of nitrogens with zero attached hydrogens (tertiary/aromatic N) is 1. The lowest BCUT2D eigenvalue weighted by Gasteiger charge is -2.28. The number of amides is 1. The van der Waals surface area contributed by atoms with Gasteiger partial charge in [0.05, 0.1) is 15.5 Å². The van der Waals surface area contributed by atoms with Crippen LogP contribution in [0.2, 0.25) is 0 Å². The third-order valence-corrected chi connectivity index (χ3v) is 5.10. The van der Waals surface area contributed by atoms with E-state index in [4.69, 9.17) is 0 Å². The predicted molar refractivity (Wildman–Crippen MR) is 76.6 cm³/mol. The number of hydrogen-bond donors (Lipinski definition) is 1. The minimum Gasteiger partial charge on any atom is -0.337 e. The zero-order valence-electron chi connectivity index (χ0n) is 11.1. The summed E-state index contributed by atoms with van der Waals surface area (Å²) in [7, 11) is 0. The molecule has 0 aliphatic carbocycles. The molecule has 18 heavy (non-hydrogen) atoms. The number of hydrogen-bond acceptors (Lipinski definition) is 4. The first kappa shape index (κ1) is 15.1. The van der Waals surface area contributed by atoms with Gasteiger partial charge in [-0.3, -0.25) is 4.79 Å². The molecule has 1 aromatic heterocycles. The SMILES string of the molecule is CC(C)[C@@](C)(C#N)NC(=O)[C@H](C)Sc1cccs1. The fraction of sp³-hybridized carbons (Fsp3) is 0.538. The lowest BCUT2D eigenvalue weighted by atomic mass is 9.90. The molecule has 0 radical (unpaired) electrons. The van der Waals surface area contributed by atoms with E-state index in [1.807, 2.05) is 38.3 Å². The van der Waals surface area contributed by atoms with Gasteiger partial charge in [-0.1, -0.05) is 19.9 Å². The Morgan fingerprint density at radius 3 is 2.67 bits per heavy atom. The van der Waals surface area contributed by atoms with Gasteiger partial charge in [0.1, 0.15) is 5.54 Å². The highest BCUT2D eigenvalue weighted by Gasteiger charge is 2.31. The van der Waals surface area contributed by atoms with Crippen molar-refractivity contribution in [3.05, 3.63) is 17.5 Å². The molecule has 1 aromatic rings. The van der Waals surface area contributed by atoms with Crippen LogP contribution < -0.4 is 5.32 Å². The average molecular weight is 282 g/mol. The summed E-state index contributed by atoms with van der Waals surface area (Å²) in [4.78, 5) is 12.1. The number of rotatable bonds is 5. The molecule has 0 bridgehead atoms. The number of nitrogens with one attached hydrogen (secondary N) is 1. The number of carbonyl (C=O) groups is 1. The van der Waals surface area contributed by atoms with E-state index in [2.05, 4.69) is 11.4 Å². The van der Waals surface area contributed by atoms with Crippen LogP contribution in [0.3, 0.4) is 0 Å². The van der Waals surface area contributed by atoms with Crippen LogP contribution in [0.4, 0.5) is 0 Å². The molecule has 0 saturated heterocycles. The Balaban J connectivity index is 2.63. The maximum Gasteiger partial charge on any atom is 0.234 e. The number of thiophene rings is 1. The van der Waals surface area contributed by atoms with Crippen LogP contribution in [0.15, 0.2) is 21.7 Å². The fourth-order valence-electron chi connectivity index (χ4n) is 1.22. The highest BCUT2D eigenvalue weighted by Crippen LogP contribution is 2.28. The average Bonchev–Trinajstić information content (AvgIpc) is 2.81. The molecule has 1 amide bonds. The molecule has 2 atom stereocenters. The smallest absolute Gasteiger partial charge is 0.234 e. The summed E-state index contributed by atoms with van der Waals surface area (Å²) in [5.41, 5.74) is -0.804. The van der Waals surface area contributed by atoms with E-state index in [0.717, 1.165) is 4.21 Å². The van der Waals surface area contributed by atoms with Gasteiger partial charge >= 0.3 is 0 Å². The zero-order valence-corrected chi connectivity index (χ0v) is 12.7. The summed E-state index contributed by atoms with van der Waals surface area (Å²) in [6, 6.07) is 6.14. The number of thioether (sulfide) groups is 1. The van der Waals surface area contributed by atoms with Crippen LogP contribution in [0.1, 0.15) is 27.7 Å². The molecule has 0 aliphatic heterocycles. The van der Waals surface area contributed by atoms with Crippen LogP contribution >= 0.6 is 23.1 Å². The van der Waals surface area contributed by atoms with Crippen molar-refractivity contribution in [3.8, 4) is 6.07 Å². The summed E-state index contributed by atoms with van der Waals surface area (Å²) in [6.07, 6.45) is 0. The Labute approximate surface area is 117 Å². The fourth-order valence-corrected chi connectivity index (χ4v) is 3.16. The van der Waals surface area contributed by atoms with Gasteiger partial charge in [0.2, 0.25) is 5.91 Å². The maximum absolute atomic E-state index is 12.1. The van der Waals surface area contributed by atoms with E-state index in [1.54, 1.807) is 18.3 Å². The molecule has 0 aromatic carbocycles. The van der Waals surface area contributed by atoms with Crippen LogP contribution in [-0.4, -0.2) is 16.7 Å². The molecule has 1 rings (SSSR count). The van der Waals surface area contributed by atoms with Crippen LogP contribution in [0, 0.1) is 17.2 Å². The van der Waals surface area contributed by atoms with Crippen molar-refractivity contribution in [1.82, 2.24) is 5.32 Å². The van der Waals surface area contributed by atoms with Crippen molar-refractivity contribution in [1.29, 1.82) is 5.26 Å². The minimum atomic E-state index is -0.804. The Morgan fingerprint density at radius 2 is 2.22 bits per heavy atom. The molecular formula is C13H18N2OS2. The molecule has 98 valence electrons. The molecular weight excluding hydrogens is 264 g/mol. The van der Waals surface area contributed by atoms with Gasteiger partial charge < -0.3 is 5.32 Å². The van der Waals surface area contributed by atoms with E-state index in [1.165, 1.54) is 11.8 Å². The third-order valence-electron chi connectivity index (χ3n) is 2.93. The normalized spacial score (nSPS) is 15.8. The van der Waals surface area contributed by atoms with E-state index in [9.17, 15) is 10.1 Å². The third kappa shape index (κ3) is 3.76. The second-order valence-electron chi connectivity index (χ2n) is 4.65. The lowest BCUT2D eigenvalue weighted by Crippen LogP contribution is -2.51. The maximum atomic E-state index is 12.1. The molecule has 0 unspecified atom stereocenters. The minimum absolute atomic E-state index is 0.0744. The van der Waals surface area contributed by atoms with Gasteiger partial charge in [-0.05, 0) is 31.2 Å². The van der Waals surface area contributed by atoms with Crippen molar-refractivity contribution in [3.63, 3.8) is 0 Å². The van der Waals surface area contributed by atoms with Gasteiger partial charge in [0, 0.05) is 0 Å². The second-order valence-corrected chi connectivity index (χ2v) is 7.24. The van der Waals surface area contributed by atoms with Gasteiger partial charge in [0.15, 0.2) is 0 Å². The van der Waals surface area contributed by atoms with E-state index in [-0.39, 0.29) is 17.1 Å². The first-order valence-electron chi connectivity index (χ1n) is 5.82. The monoisotopic (exact) mass is 282 g/mol. The Bertz CT molecular complexity index is 436. The van der Waals surface area contributed by atoms with Gasteiger partial charge in [-0.2, -0.15) is 5.26 Å². The van der Waals surface area contributed by atoms with Crippen LogP contribution in [-0.2, 0) is 4.79 Å². The van der Waals surface area contributed by atoms with E-state index < -0.39 is 5.54 Å². The van der Waals surface area contributed by atoms with Crippen molar-refractivity contribution in [2.45, 2.75) is 42.7 Å². The van der Waals surface area contributed by atoms with Gasteiger partial charge in [0.25, 0.3) is 0 Å².